The number of nitrogens with one attached hydrogen (secondary N) is 1. The molecule has 1 unspecified atom stereocenters. The van der Waals surface area contributed by atoms with E-state index >= 15 is 0 Å². The Morgan fingerprint density at radius 3 is 2.94 bits per heavy atom. The van der Waals surface area contributed by atoms with E-state index in [0.29, 0.717) is 28.4 Å². The van der Waals surface area contributed by atoms with Crippen molar-refractivity contribution in [2.24, 2.45) is 4.99 Å². The summed E-state index contributed by atoms with van der Waals surface area (Å²) in [5.41, 5.74) is 0.697. The van der Waals surface area contributed by atoms with Crippen LogP contribution >= 0.6 is 23.5 Å². The molecular formula is C12H14F2N2S2. The van der Waals surface area contributed by atoms with Crippen molar-refractivity contribution >= 4 is 34.4 Å². The molecule has 1 aromatic carbocycles. The molecular weight excluding hydrogens is 274 g/mol. The molecule has 1 N–H and O–H groups in total. The van der Waals surface area contributed by atoms with E-state index in [1.807, 2.05) is 6.07 Å². The zero-order chi connectivity index (χ0) is 13.0. The molecule has 0 aromatic heterocycles. The normalized spacial score (nSPS) is 19.8. The van der Waals surface area contributed by atoms with Gasteiger partial charge in [-0.25, -0.2) is 0 Å². The van der Waals surface area contributed by atoms with Gasteiger partial charge in [0.1, 0.15) is 0 Å². The van der Waals surface area contributed by atoms with Crippen LogP contribution in [-0.2, 0) is 0 Å². The van der Waals surface area contributed by atoms with E-state index in [4.69, 9.17) is 0 Å². The molecule has 2 nitrogen and oxygen atoms in total. The number of nitrogens with zero attached hydrogens (tertiary/aromatic N) is 1. The first-order valence-corrected chi connectivity index (χ1v) is 7.53. The molecule has 0 amide bonds. The second-order valence-corrected chi connectivity index (χ2v) is 6.04. The van der Waals surface area contributed by atoms with E-state index in [0.717, 1.165) is 17.3 Å². The van der Waals surface area contributed by atoms with Crippen molar-refractivity contribution in [3.8, 4) is 0 Å². The zero-order valence-corrected chi connectivity index (χ0v) is 11.5. The molecule has 6 heteroatoms. The SMILES string of the molecule is CC1CCSC(Nc2ccccc2SC(F)F)=N1. The Morgan fingerprint density at radius 2 is 2.22 bits per heavy atom. The summed E-state index contributed by atoms with van der Waals surface area (Å²) in [6.45, 7) is 2.06. The largest absolute Gasteiger partial charge is 0.334 e. The maximum Gasteiger partial charge on any atom is 0.288 e. The van der Waals surface area contributed by atoms with Crippen LogP contribution in [0.15, 0.2) is 34.2 Å². The van der Waals surface area contributed by atoms with Crippen molar-refractivity contribution in [3.05, 3.63) is 24.3 Å². The molecule has 2 rings (SSSR count). The van der Waals surface area contributed by atoms with Crippen LogP contribution in [0.5, 0.6) is 0 Å². The van der Waals surface area contributed by atoms with Crippen LogP contribution in [0, 0.1) is 0 Å². The van der Waals surface area contributed by atoms with Crippen LogP contribution in [0.25, 0.3) is 0 Å². The first kappa shape index (κ1) is 13.7. The lowest BCUT2D eigenvalue weighted by Crippen LogP contribution is -2.18. The number of anilines is 1. The molecule has 0 aliphatic carbocycles. The maximum absolute atomic E-state index is 12.4. The van der Waals surface area contributed by atoms with E-state index in [-0.39, 0.29) is 0 Å². The van der Waals surface area contributed by atoms with E-state index in [1.165, 1.54) is 0 Å². The fourth-order valence-electron chi connectivity index (χ4n) is 1.58. The molecule has 0 fully saturated rings. The van der Waals surface area contributed by atoms with Crippen LogP contribution in [0.1, 0.15) is 13.3 Å². The number of halogens is 2. The number of para-hydroxylation sites is 1. The van der Waals surface area contributed by atoms with Gasteiger partial charge in [-0.05, 0) is 25.5 Å². The lowest BCUT2D eigenvalue weighted by molar-refractivity contribution is 0.252. The predicted molar refractivity (Wildman–Crippen MR) is 75.9 cm³/mol. The summed E-state index contributed by atoms with van der Waals surface area (Å²) in [4.78, 5) is 5.02. The third-order valence-electron chi connectivity index (χ3n) is 2.46. The van der Waals surface area contributed by atoms with Gasteiger partial charge in [-0.15, -0.1) is 0 Å². The summed E-state index contributed by atoms with van der Waals surface area (Å²) >= 11 is 2.19. The van der Waals surface area contributed by atoms with Gasteiger partial charge in [0.2, 0.25) is 0 Å². The van der Waals surface area contributed by atoms with Crippen LogP contribution < -0.4 is 5.32 Å². The van der Waals surface area contributed by atoms with Gasteiger partial charge in [0.15, 0.2) is 5.17 Å². The molecule has 1 heterocycles. The highest BCUT2D eigenvalue weighted by Crippen LogP contribution is 2.32. The minimum atomic E-state index is -2.41. The highest BCUT2D eigenvalue weighted by molar-refractivity contribution is 8.14. The van der Waals surface area contributed by atoms with Crippen LogP contribution in [0.2, 0.25) is 0 Å². The Hall–Kier alpha value is -0.750. The summed E-state index contributed by atoms with van der Waals surface area (Å²) in [7, 11) is 0. The van der Waals surface area contributed by atoms with Crippen LogP contribution in [0.4, 0.5) is 14.5 Å². The number of benzene rings is 1. The Labute approximate surface area is 114 Å². The minimum absolute atomic E-state index is 0.295. The average Bonchev–Trinajstić information content (AvgIpc) is 2.31. The lowest BCUT2D eigenvalue weighted by Gasteiger charge is -2.19. The second kappa shape index (κ2) is 6.43. The lowest BCUT2D eigenvalue weighted by atomic mass is 10.3. The number of aliphatic imine (C=N–C) groups is 1. The van der Waals surface area contributed by atoms with Gasteiger partial charge < -0.3 is 5.32 Å². The van der Waals surface area contributed by atoms with E-state index in [9.17, 15) is 8.78 Å². The zero-order valence-electron chi connectivity index (χ0n) is 9.90. The van der Waals surface area contributed by atoms with Gasteiger partial charge in [-0.2, -0.15) is 8.78 Å². The van der Waals surface area contributed by atoms with E-state index in [1.54, 1.807) is 30.0 Å². The summed E-state index contributed by atoms with van der Waals surface area (Å²) in [5.74, 6) is -1.40. The number of alkyl halides is 2. The molecule has 18 heavy (non-hydrogen) atoms. The summed E-state index contributed by atoms with van der Waals surface area (Å²) < 4.78 is 24.9. The molecule has 1 aliphatic heterocycles. The first-order valence-electron chi connectivity index (χ1n) is 5.66. The molecule has 0 spiro atoms. The number of amidine groups is 1. The van der Waals surface area contributed by atoms with Crippen molar-refractivity contribution < 1.29 is 8.78 Å². The number of hydrogen-bond acceptors (Lipinski definition) is 4. The van der Waals surface area contributed by atoms with Gasteiger partial charge >= 0.3 is 0 Å². The monoisotopic (exact) mass is 288 g/mol. The summed E-state index contributed by atoms with van der Waals surface area (Å²) in [6, 6.07) is 7.37. The van der Waals surface area contributed by atoms with Crippen LogP contribution in [0.3, 0.4) is 0 Å². The third kappa shape index (κ3) is 3.88. The van der Waals surface area contributed by atoms with Crippen molar-refractivity contribution in [2.45, 2.75) is 30.0 Å². The van der Waals surface area contributed by atoms with Gasteiger partial charge in [-0.3, -0.25) is 4.99 Å². The third-order valence-corrected chi connectivity index (χ3v) is 4.17. The Kier molecular flexibility index (Phi) is 4.88. The Bertz CT molecular complexity index is 438. The average molecular weight is 288 g/mol. The molecule has 1 aliphatic rings. The quantitative estimate of drug-likeness (QED) is 0.839. The van der Waals surface area contributed by atoms with E-state index < -0.39 is 5.76 Å². The van der Waals surface area contributed by atoms with Gasteiger partial charge in [0, 0.05) is 10.6 Å². The highest BCUT2D eigenvalue weighted by Gasteiger charge is 2.14. The highest BCUT2D eigenvalue weighted by atomic mass is 32.2. The number of hydrogen-bond donors (Lipinski definition) is 1. The molecule has 0 saturated heterocycles. The fourth-order valence-corrected chi connectivity index (χ4v) is 3.26. The van der Waals surface area contributed by atoms with E-state index in [2.05, 4.69) is 17.2 Å². The second-order valence-electron chi connectivity index (χ2n) is 3.92. The summed E-state index contributed by atoms with van der Waals surface area (Å²) in [5, 5.41) is 3.96. The molecule has 0 radical (unpaired) electrons. The minimum Gasteiger partial charge on any atom is -0.334 e. The van der Waals surface area contributed by atoms with Crippen molar-refractivity contribution in [3.63, 3.8) is 0 Å². The molecule has 0 saturated carbocycles. The summed E-state index contributed by atoms with van der Waals surface area (Å²) in [6.07, 6.45) is 1.06. The van der Waals surface area contributed by atoms with Crippen molar-refractivity contribution in [1.29, 1.82) is 0 Å². The van der Waals surface area contributed by atoms with Gasteiger partial charge in [0.25, 0.3) is 5.76 Å². The maximum atomic E-state index is 12.4. The predicted octanol–water partition coefficient (Wildman–Crippen LogP) is 4.29. The topological polar surface area (TPSA) is 24.4 Å². The first-order chi connectivity index (χ1) is 8.65. The molecule has 98 valence electrons. The van der Waals surface area contributed by atoms with Crippen molar-refractivity contribution in [1.82, 2.24) is 0 Å². The van der Waals surface area contributed by atoms with Crippen molar-refractivity contribution in [2.75, 3.05) is 11.1 Å². The standard InChI is InChI=1S/C12H14F2N2S2/c1-8-6-7-17-12(15-8)16-9-4-2-3-5-10(9)18-11(13)14/h2-5,8,11H,6-7H2,1H3,(H,15,16). The van der Waals surface area contributed by atoms with Crippen LogP contribution in [-0.4, -0.2) is 22.7 Å². The van der Waals surface area contributed by atoms with Gasteiger partial charge in [0.05, 0.1) is 11.7 Å². The fraction of sp³-hybridized carbons (Fsp3) is 0.417. The Balaban J connectivity index is 2.13. The number of thioether (sulfide) groups is 2. The number of rotatable bonds is 3. The molecule has 1 aromatic rings. The smallest absolute Gasteiger partial charge is 0.288 e. The molecule has 0 bridgehead atoms. The Morgan fingerprint density at radius 1 is 1.44 bits per heavy atom. The molecule has 1 atom stereocenters. The van der Waals surface area contributed by atoms with Gasteiger partial charge in [-0.1, -0.05) is 35.7 Å².